The molecule has 62 heavy (non-hydrogen) atoms. The van der Waals surface area contributed by atoms with Crippen molar-refractivity contribution >= 4 is 35.7 Å². The molecule has 9 nitrogen and oxygen atoms in total. The zero-order valence-electron chi connectivity index (χ0n) is 36.5. The maximum atomic E-state index is 12.5. The molecule has 0 radical (unpaired) electrons. The Bertz CT molecular complexity index is 2540. The molecule has 0 atom stereocenters. The highest BCUT2D eigenvalue weighted by Crippen LogP contribution is 2.44. The molecule has 7 aliphatic rings. The molecule has 2 aromatic carbocycles. The van der Waals surface area contributed by atoms with Gasteiger partial charge in [-0.05, 0) is 168 Å². The monoisotopic (exact) mass is 900 g/mol. The Morgan fingerprint density at radius 3 is 1.76 bits per heavy atom. The minimum atomic E-state index is -0.388. The van der Waals surface area contributed by atoms with Gasteiger partial charge in [-0.15, -0.1) is 0 Å². The Labute approximate surface area is 376 Å². The van der Waals surface area contributed by atoms with Gasteiger partial charge in [0.2, 0.25) is 0 Å². The smallest absolute Gasteiger partial charge is 0.437 e. The third-order valence-electron chi connectivity index (χ3n) is 14.6. The van der Waals surface area contributed by atoms with E-state index >= 15 is 0 Å². The fourth-order valence-corrected chi connectivity index (χ4v) is 10.9. The number of nitrogens with one attached hydrogen (secondary N) is 3. The van der Waals surface area contributed by atoms with Gasteiger partial charge in [0.05, 0.1) is 22.6 Å². The van der Waals surface area contributed by atoms with Crippen molar-refractivity contribution in [3.8, 4) is 22.5 Å². The zero-order chi connectivity index (χ0) is 42.6. The van der Waals surface area contributed by atoms with Crippen molar-refractivity contribution in [2.45, 2.75) is 130 Å². The Balaban J connectivity index is 0.000000129. The van der Waals surface area contributed by atoms with Gasteiger partial charge in [-0.2, -0.15) is 0 Å². The van der Waals surface area contributed by atoms with Gasteiger partial charge in [0, 0.05) is 52.7 Å². The maximum Gasteiger partial charge on any atom is 0.490 e. The van der Waals surface area contributed by atoms with Crippen molar-refractivity contribution in [1.82, 2.24) is 20.1 Å². The largest absolute Gasteiger partial charge is 0.490 e. The predicted octanol–water partition coefficient (Wildman–Crippen LogP) is 8.79. The van der Waals surface area contributed by atoms with Gasteiger partial charge in [-0.1, -0.05) is 65.8 Å². The number of hydrogen-bond donors (Lipinski definition) is 4. The first kappa shape index (κ1) is 44.8. The molecule has 0 amide bonds. The van der Waals surface area contributed by atoms with Crippen molar-refractivity contribution in [2.75, 3.05) is 26.2 Å². The molecule has 0 unspecified atom stereocenters. The molecule has 11 rings (SSSR count). The number of pyridine rings is 2. The topological polar surface area (TPSA) is 120 Å². The molecule has 4 N–H and O–H groups in total. The third kappa shape index (κ3) is 8.36. The Morgan fingerprint density at radius 2 is 1.23 bits per heavy atom. The molecule has 326 valence electrons. The minimum absolute atomic E-state index is 0. The van der Waals surface area contributed by atoms with E-state index < -0.39 is 0 Å². The van der Waals surface area contributed by atoms with E-state index in [0.29, 0.717) is 0 Å². The second-order valence-electron chi connectivity index (χ2n) is 18.8. The summed E-state index contributed by atoms with van der Waals surface area (Å²) in [5.74, 6) is 0. The lowest BCUT2D eigenvalue weighted by atomic mass is 9.72. The summed E-state index contributed by atoms with van der Waals surface area (Å²) in [5, 5.41) is 12.9. The van der Waals surface area contributed by atoms with Crippen LogP contribution >= 0.6 is 15.9 Å². The van der Waals surface area contributed by atoms with Crippen LogP contribution in [0.2, 0.25) is 6.82 Å². The maximum absolute atomic E-state index is 12.5. The number of aromatic nitrogens is 2. The summed E-state index contributed by atoms with van der Waals surface area (Å²) in [6.45, 7) is 13.7. The Morgan fingerprint density at radius 1 is 0.694 bits per heavy atom. The van der Waals surface area contributed by atoms with Gasteiger partial charge in [-0.25, -0.2) is 0 Å². The first-order chi connectivity index (χ1) is 29.3. The number of H-pyrrole nitrogens is 2. The SMILES string of the molecule is C.CB(O)N1CC=C(B2OC(C)(C)C(C)(C)O2)CC1.O=c1[nH]c2c(c3c1CCCC3)Cc1c(Br)cccc1-2.O=c1[nH]c2c(c3c1CCCC3)Cc1c(C3=CCNCC3)cccc1-2. The lowest BCUT2D eigenvalue weighted by molar-refractivity contribution is 0.00578. The molecule has 0 saturated carbocycles. The summed E-state index contributed by atoms with van der Waals surface area (Å²) >= 11 is 3.63. The summed E-state index contributed by atoms with van der Waals surface area (Å²) in [6, 6.07) is 12.8. The number of benzene rings is 2. The van der Waals surface area contributed by atoms with E-state index in [1.165, 1.54) is 74.0 Å². The van der Waals surface area contributed by atoms with E-state index in [4.69, 9.17) is 9.31 Å². The molecule has 0 bridgehead atoms. The highest BCUT2D eigenvalue weighted by Gasteiger charge is 2.52. The Kier molecular flexibility index (Phi) is 13.0. The highest BCUT2D eigenvalue weighted by molar-refractivity contribution is 9.10. The van der Waals surface area contributed by atoms with Gasteiger partial charge in [0.15, 0.2) is 0 Å². The van der Waals surface area contributed by atoms with E-state index in [0.717, 1.165) is 117 Å². The first-order valence-electron chi connectivity index (χ1n) is 22.6. The van der Waals surface area contributed by atoms with Crippen molar-refractivity contribution in [1.29, 1.82) is 0 Å². The van der Waals surface area contributed by atoms with Gasteiger partial charge < -0.3 is 34.4 Å². The second-order valence-corrected chi connectivity index (χ2v) is 19.7. The van der Waals surface area contributed by atoms with Crippen LogP contribution in [0.3, 0.4) is 0 Å². The zero-order valence-corrected chi connectivity index (χ0v) is 38.1. The molecule has 5 heterocycles. The molecule has 1 fully saturated rings. The fourth-order valence-electron chi connectivity index (χ4n) is 10.4. The summed E-state index contributed by atoms with van der Waals surface area (Å²) in [4.78, 5) is 33.2. The molecule has 2 aromatic heterocycles. The van der Waals surface area contributed by atoms with Gasteiger partial charge in [0.1, 0.15) is 0 Å². The van der Waals surface area contributed by atoms with E-state index in [1.54, 1.807) is 6.82 Å². The molecular formula is C50H63B2BrN4O5. The standard InChI is InChI=1S/C21H22N2O.C16H14BrNO.C12H23B2NO3.CH4/c24-21-17-5-2-1-4-15(17)19-12-18-14(13-8-10-22-11-9-13)6-3-7-16(18)20(19)23-21;17-14-7-3-6-10-12(14)8-13-9-4-1-2-5-11(9)16(19)18-15(10)13;1-11(2)12(3,4)18-14(17-11)10-6-8-15(9-7-10)13(5)16;/h3,6-8,22H,1-2,4-5,9-12H2,(H,23,24);3,6-7H,1-2,4-5,8H2,(H,18,19);6,16H,7-9H2,1-5H3;1H4. The minimum Gasteiger partial charge on any atom is -0.437 e. The average molecular weight is 902 g/mol. The summed E-state index contributed by atoms with van der Waals surface area (Å²) in [5.41, 5.74) is 18.6. The molecular weight excluding hydrogens is 838 g/mol. The summed E-state index contributed by atoms with van der Waals surface area (Å²) in [6.07, 6.45) is 17.1. The lowest BCUT2D eigenvalue weighted by Crippen LogP contribution is -2.41. The van der Waals surface area contributed by atoms with Crippen LogP contribution in [0.15, 0.2) is 68.1 Å². The van der Waals surface area contributed by atoms with E-state index in [-0.39, 0.29) is 43.9 Å². The normalized spacial score (nSPS) is 20.0. The van der Waals surface area contributed by atoms with Crippen LogP contribution in [-0.2, 0) is 47.8 Å². The first-order valence-corrected chi connectivity index (χ1v) is 23.4. The number of nitrogens with zero attached hydrogens (tertiary/aromatic N) is 1. The molecule has 4 aliphatic carbocycles. The molecule has 3 aliphatic heterocycles. The van der Waals surface area contributed by atoms with Crippen LogP contribution in [0.4, 0.5) is 0 Å². The van der Waals surface area contributed by atoms with Gasteiger partial charge >= 0.3 is 14.2 Å². The van der Waals surface area contributed by atoms with Crippen molar-refractivity contribution < 1.29 is 14.3 Å². The van der Waals surface area contributed by atoms with Crippen molar-refractivity contribution in [3.63, 3.8) is 0 Å². The third-order valence-corrected chi connectivity index (χ3v) is 15.3. The van der Waals surface area contributed by atoms with Crippen LogP contribution in [0.5, 0.6) is 0 Å². The lowest BCUT2D eigenvalue weighted by Gasteiger charge is -2.32. The van der Waals surface area contributed by atoms with E-state index in [9.17, 15) is 14.6 Å². The second kappa shape index (κ2) is 18.0. The number of hydrogen-bond acceptors (Lipinski definition) is 7. The molecule has 0 spiro atoms. The van der Waals surface area contributed by atoms with Crippen LogP contribution < -0.4 is 16.4 Å². The molecule has 12 heteroatoms. The summed E-state index contributed by atoms with van der Waals surface area (Å²) < 4.78 is 13.2. The van der Waals surface area contributed by atoms with Crippen LogP contribution in [0.1, 0.15) is 124 Å². The van der Waals surface area contributed by atoms with Gasteiger partial charge in [-0.3, -0.25) is 9.59 Å². The number of rotatable bonds is 3. The van der Waals surface area contributed by atoms with Crippen molar-refractivity contribution in [3.05, 3.63) is 129 Å². The van der Waals surface area contributed by atoms with Crippen molar-refractivity contribution in [2.24, 2.45) is 0 Å². The molecule has 4 aromatic rings. The number of fused-ring (bicyclic) bond motifs is 10. The highest BCUT2D eigenvalue weighted by atomic mass is 79.9. The van der Waals surface area contributed by atoms with Gasteiger partial charge in [0.25, 0.3) is 11.1 Å². The van der Waals surface area contributed by atoms with E-state index in [2.05, 4.69) is 101 Å². The number of aromatic amines is 2. The number of halogens is 1. The van der Waals surface area contributed by atoms with Crippen LogP contribution in [0, 0.1) is 0 Å². The quantitative estimate of drug-likeness (QED) is 0.131. The van der Waals surface area contributed by atoms with E-state index in [1.807, 2.05) is 10.9 Å². The predicted molar refractivity (Wildman–Crippen MR) is 258 cm³/mol. The summed E-state index contributed by atoms with van der Waals surface area (Å²) in [7, 11) is -0.618. The van der Waals surface area contributed by atoms with Crippen LogP contribution in [-0.4, -0.2) is 71.4 Å². The Hall–Kier alpha value is -3.77. The molecule has 1 saturated heterocycles. The fraction of sp³-hybridized carbons (Fsp3) is 0.480. The van der Waals surface area contributed by atoms with Crippen LogP contribution in [0.25, 0.3) is 28.1 Å². The average Bonchev–Trinajstić information content (AvgIpc) is 3.90.